The Bertz CT molecular complexity index is 1150. The Morgan fingerprint density at radius 1 is 0.968 bits per heavy atom. The Labute approximate surface area is 182 Å². The molecule has 0 saturated carbocycles. The number of aryl methyl sites for hydroxylation is 2. The molecule has 0 amide bonds. The molecule has 5 rings (SSSR count). The molecule has 31 heavy (non-hydrogen) atoms. The van der Waals surface area contributed by atoms with E-state index in [9.17, 15) is 0 Å². The molecular weight excluding hydrogens is 386 g/mol. The van der Waals surface area contributed by atoms with Crippen LogP contribution in [0.15, 0.2) is 67.1 Å². The van der Waals surface area contributed by atoms with Crippen molar-refractivity contribution in [1.29, 1.82) is 0 Å². The van der Waals surface area contributed by atoms with E-state index in [1.807, 2.05) is 29.0 Å². The van der Waals surface area contributed by atoms with Crippen molar-refractivity contribution in [3.05, 3.63) is 78.2 Å². The molecule has 4 heterocycles. The number of piperazine rings is 1. The van der Waals surface area contributed by atoms with Gasteiger partial charge in [-0.2, -0.15) is 4.98 Å². The molecule has 1 aliphatic heterocycles. The number of benzene rings is 1. The van der Waals surface area contributed by atoms with Gasteiger partial charge in [-0.05, 0) is 61.3 Å². The van der Waals surface area contributed by atoms with Crippen molar-refractivity contribution in [2.75, 3.05) is 43.4 Å². The highest BCUT2D eigenvalue weighted by molar-refractivity contribution is 5.63. The smallest absolute Gasteiger partial charge is 0.247 e. The number of nitrogens with one attached hydrogen (secondary N) is 1. The van der Waals surface area contributed by atoms with Crippen molar-refractivity contribution in [3.63, 3.8) is 0 Å². The maximum atomic E-state index is 4.78. The predicted molar refractivity (Wildman–Crippen MR) is 124 cm³/mol. The average molecular weight is 414 g/mol. The molecule has 1 aliphatic rings. The second kappa shape index (κ2) is 8.73. The summed E-state index contributed by atoms with van der Waals surface area (Å²) < 4.78 is 1.85. The zero-order valence-electron chi connectivity index (χ0n) is 17.8. The fourth-order valence-corrected chi connectivity index (χ4v) is 4.01. The summed E-state index contributed by atoms with van der Waals surface area (Å²) in [6, 6.07) is 16.7. The summed E-state index contributed by atoms with van der Waals surface area (Å²) in [4.78, 5) is 13.8. The molecule has 1 N–H and O–H groups in total. The molecule has 0 aliphatic carbocycles. The second-order valence-corrected chi connectivity index (χ2v) is 8.06. The zero-order valence-corrected chi connectivity index (χ0v) is 17.8. The van der Waals surface area contributed by atoms with Gasteiger partial charge in [-0.3, -0.25) is 4.98 Å². The van der Waals surface area contributed by atoms with Crippen molar-refractivity contribution in [2.24, 2.45) is 0 Å². The predicted octanol–water partition coefficient (Wildman–Crippen LogP) is 3.40. The molecule has 7 heteroatoms. The number of pyridine rings is 2. The first-order valence-corrected chi connectivity index (χ1v) is 10.8. The number of aromatic nitrogens is 4. The standard InChI is InChI=1S/C24H27N7/c1-29-13-15-30(16-14-29)22-8-2-7-21(17-22)26-24-27-23-20(6-4-12-31(23)28-24)10-9-19-5-3-11-25-18-19/h2-8,11-12,17-18H,9-10,13-16H2,1H3,(H,26,28). The van der Waals surface area contributed by atoms with E-state index in [0.29, 0.717) is 5.95 Å². The Hall–Kier alpha value is -3.45. The van der Waals surface area contributed by atoms with Gasteiger partial charge in [0.2, 0.25) is 5.95 Å². The molecule has 0 spiro atoms. The number of nitrogens with zero attached hydrogens (tertiary/aromatic N) is 6. The van der Waals surface area contributed by atoms with Crippen LogP contribution in [-0.2, 0) is 12.8 Å². The third kappa shape index (κ3) is 4.51. The minimum atomic E-state index is 0.615. The molecule has 4 aromatic rings. The highest BCUT2D eigenvalue weighted by Crippen LogP contribution is 2.23. The highest BCUT2D eigenvalue weighted by Gasteiger charge is 2.15. The largest absolute Gasteiger partial charge is 0.369 e. The lowest BCUT2D eigenvalue weighted by atomic mass is 10.1. The number of anilines is 3. The van der Waals surface area contributed by atoms with Gasteiger partial charge in [-0.1, -0.05) is 18.2 Å². The van der Waals surface area contributed by atoms with Gasteiger partial charge in [-0.25, -0.2) is 4.52 Å². The molecule has 158 valence electrons. The normalized spacial score (nSPS) is 14.8. The van der Waals surface area contributed by atoms with E-state index in [-0.39, 0.29) is 0 Å². The quantitative estimate of drug-likeness (QED) is 0.523. The van der Waals surface area contributed by atoms with E-state index in [2.05, 4.69) is 68.6 Å². The van der Waals surface area contributed by atoms with E-state index < -0.39 is 0 Å². The molecule has 1 aromatic carbocycles. The summed E-state index contributed by atoms with van der Waals surface area (Å²) >= 11 is 0. The third-order valence-corrected chi connectivity index (χ3v) is 5.82. The number of hydrogen-bond acceptors (Lipinski definition) is 6. The lowest BCUT2D eigenvalue weighted by Gasteiger charge is -2.34. The Morgan fingerprint density at radius 2 is 1.87 bits per heavy atom. The van der Waals surface area contributed by atoms with E-state index >= 15 is 0 Å². The summed E-state index contributed by atoms with van der Waals surface area (Å²) in [6.07, 6.45) is 7.49. The van der Waals surface area contributed by atoms with Crippen LogP contribution in [0.5, 0.6) is 0 Å². The van der Waals surface area contributed by atoms with Crippen molar-refractivity contribution >= 4 is 23.0 Å². The summed E-state index contributed by atoms with van der Waals surface area (Å²) in [6.45, 7) is 4.28. The molecule has 0 unspecified atom stereocenters. The van der Waals surface area contributed by atoms with Crippen molar-refractivity contribution in [1.82, 2.24) is 24.5 Å². The van der Waals surface area contributed by atoms with Crippen molar-refractivity contribution in [2.45, 2.75) is 12.8 Å². The van der Waals surface area contributed by atoms with E-state index in [1.165, 1.54) is 16.8 Å². The van der Waals surface area contributed by atoms with Crippen molar-refractivity contribution in [3.8, 4) is 0 Å². The first-order chi connectivity index (χ1) is 15.2. The van der Waals surface area contributed by atoms with Gasteiger partial charge in [0.1, 0.15) is 0 Å². The number of hydrogen-bond donors (Lipinski definition) is 1. The van der Waals surface area contributed by atoms with Crippen LogP contribution in [0.3, 0.4) is 0 Å². The lowest BCUT2D eigenvalue weighted by molar-refractivity contribution is 0.313. The molecule has 0 atom stereocenters. The van der Waals surface area contributed by atoms with E-state index in [0.717, 1.165) is 50.4 Å². The topological polar surface area (TPSA) is 61.6 Å². The van der Waals surface area contributed by atoms with Crippen LogP contribution < -0.4 is 10.2 Å². The highest BCUT2D eigenvalue weighted by atomic mass is 15.3. The first kappa shape index (κ1) is 19.5. The van der Waals surface area contributed by atoms with Crippen molar-refractivity contribution < 1.29 is 0 Å². The van der Waals surface area contributed by atoms with Crippen LogP contribution in [0.2, 0.25) is 0 Å². The summed E-state index contributed by atoms with van der Waals surface area (Å²) in [5.74, 6) is 0.615. The van der Waals surface area contributed by atoms with Gasteiger partial charge in [0.25, 0.3) is 0 Å². The van der Waals surface area contributed by atoms with Gasteiger partial charge < -0.3 is 15.1 Å². The number of likely N-dealkylation sites (N-methyl/N-ethyl adjacent to an activating group) is 1. The van der Waals surface area contributed by atoms with Crippen LogP contribution in [-0.4, -0.2) is 57.7 Å². The molecular formula is C24H27N7. The Kier molecular flexibility index (Phi) is 5.50. The maximum Gasteiger partial charge on any atom is 0.247 e. The van der Waals surface area contributed by atoms with Crippen LogP contribution in [0.4, 0.5) is 17.3 Å². The fraction of sp³-hybridized carbons (Fsp3) is 0.292. The zero-order chi connectivity index (χ0) is 21.0. The minimum absolute atomic E-state index is 0.615. The van der Waals surface area contributed by atoms with Gasteiger partial charge in [0, 0.05) is 56.1 Å². The minimum Gasteiger partial charge on any atom is -0.369 e. The van der Waals surface area contributed by atoms with Gasteiger partial charge in [0.15, 0.2) is 5.65 Å². The molecule has 3 aromatic heterocycles. The fourth-order valence-electron chi connectivity index (χ4n) is 4.01. The monoisotopic (exact) mass is 413 g/mol. The van der Waals surface area contributed by atoms with Crippen LogP contribution in [0.1, 0.15) is 11.1 Å². The van der Waals surface area contributed by atoms with E-state index in [4.69, 9.17) is 4.98 Å². The number of fused-ring (bicyclic) bond motifs is 1. The van der Waals surface area contributed by atoms with Gasteiger partial charge >= 0.3 is 0 Å². The van der Waals surface area contributed by atoms with E-state index in [1.54, 1.807) is 6.20 Å². The van der Waals surface area contributed by atoms with Crippen LogP contribution in [0.25, 0.3) is 5.65 Å². The average Bonchev–Trinajstić information content (AvgIpc) is 3.22. The van der Waals surface area contributed by atoms with Crippen LogP contribution in [0, 0.1) is 0 Å². The third-order valence-electron chi connectivity index (χ3n) is 5.82. The number of rotatable bonds is 6. The lowest BCUT2D eigenvalue weighted by Crippen LogP contribution is -2.44. The molecule has 7 nitrogen and oxygen atoms in total. The Morgan fingerprint density at radius 3 is 2.71 bits per heavy atom. The van der Waals surface area contributed by atoms with Crippen LogP contribution >= 0.6 is 0 Å². The SMILES string of the molecule is CN1CCN(c2cccc(Nc3nc4c(CCc5cccnc5)cccn4n3)c2)CC1. The first-order valence-electron chi connectivity index (χ1n) is 10.8. The van der Waals surface area contributed by atoms with Gasteiger partial charge in [0.05, 0.1) is 0 Å². The molecule has 0 radical (unpaired) electrons. The molecule has 1 fully saturated rings. The molecule has 1 saturated heterocycles. The second-order valence-electron chi connectivity index (χ2n) is 8.06. The van der Waals surface area contributed by atoms with Gasteiger partial charge in [-0.15, -0.1) is 5.10 Å². The maximum absolute atomic E-state index is 4.78. The summed E-state index contributed by atoms with van der Waals surface area (Å²) in [7, 11) is 2.18. The molecule has 0 bridgehead atoms. The summed E-state index contributed by atoms with van der Waals surface area (Å²) in [5, 5.41) is 8.03. The summed E-state index contributed by atoms with van der Waals surface area (Å²) in [5.41, 5.74) is 5.54. The Balaban J connectivity index is 1.32.